The van der Waals surface area contributed by atoms with E-state index in [9.17, 15) is 27.6 Å². The molecule has 0 bridgehead atoms. The van der Waals surface area contributed by atoms with Crippen molar-refractivity contribution in [1.82, 2.24) is 10.2 Å². The smallest absolute Gasteiger partial charge is 0.416 e. The van der Waals surface area contributed by atoms with E-state index >= 15 is 0 Å². The Morgan fingerprint density at radius 3 is 2.63 bits per heavy atom. The SMILES string of the molecule is CCc1nnc(NC(=O)/C(C#N)=C/c2ccc(OCc3c(F)cccc3C(F)(F)F)c(OC)c2)s1. The van der Waals surface area contributed by atoms with Crippen molar-refractivity contribution in [2.24, 2.45) is 0 Å². The first kappa shape index (κ1) is 25.6. The molecule has 182 valence electrons. The number of ether oxygens (including phenoxy) is 2. The van der Waals surface area contributed by atoms with Gasteiger partial charge in [-0.05, 0) is 42.3 Å². The highest BCUT2D eigenvalue weighted by Crippen LogP contribution is 2.35. The van der Waals surface area contributed by atoms with Crippen molar-refractivity contribution in [1.29, 1.82) is 5.26 Å². The Kier molecular flexibility index (Phi) is 8.03. The van der Waals surface area contributed by atoms with Crippen LogP contribution >= 0.6 is 11.3 Å². The zero-order valence-electron chi connectivity index (χ0n) is 18.4. The molecule has 3 rings (SSSR count). The average molecular weight is 506 g/mol. The second-order valence-corrected chi connectivity index (χ2v) is 8.00. The molecule has 1 heterocycles. The lowest BCUT2D eigenvalue weighted by Crippen LogP contribution is -2.13. The molecule has 1 N–H and O–H groups in total. The number of aryl methyl sites for hydroxylation is 1. The Hall–Kier alpha value is -3.98. The van der Waals surface area contributed by atoms with Gasteiger partial charge in [-0.25, -0.2) is 4.39 Å². The molecule has 0 radical (unpaired) electrons. The van der Waals surface area contributed by atoms with Crippen molar-refractivity contribution in [3.63, 3.8) is 0 Å². The summed E-state index contributed by atoms with van der Waals surface area (Å²) < 4.78 is 64.3. The second kappa shape index (κ2) is 11.0. The van der Waals surface area contributed by atoms with Crippen LogP contribution in [0.4, 0.5) is 22.7 Å². The van der Waals surface area contributed by atoms with Crippen LogP contribution in [0.5, 0.6) is 11.5 Å². The van der Waals surface area contributed by atoms with Gasteiger partial charge in [0.1, 0.15) is 29.1 Å². The molecule has 0 aliphatic heterocycles. The van der Waals surface area contributed by atoms with Crippen molar-refractivity contribution in [2.75, 3.05) is 12.4 Å². The Bertz CT molecular complexity index is 1300. The quantitative estimate of drug-likeness (QED) is 0.250. The molecule has 35 heavy (non-hydrogen) atoms. The lowest BCUT2D eigenvalue weighted by molar-refractivity contribution is -0.138. The number of aromatic nitrogens is 2. The summed E-state index contributed by atoms with van der Waals surface area (Å²) in [6.45, 7) is 1.19. The van der Waals surface area contributed by atoms with E-state index < -0.39 is 35.6 Å². The van der Waals surface area contributed by atoms with Crippen LogP contribution < -0.4 is 14.8 Å². The van der Waals surface area contributed by atoms with Crippen LogP contribution in [0.1, 0.15) is 28.6 Å². The summed E-state index contributed by atoms with van der Waals surface area (Å²) >= 11 is 1.19. The summed E-state index contributed by atoms with van der Waals surface area (Å²) in [6.07, 6.45) is -2.81. The van der Waals surface area contributed by atoms with Gasteiger partial charge in [-0.1, -0.05) is 30.4 Å². The Labute approximate surface area is 201 Å². The first-order valence-corrected chi connectivity index (χ1v) is 10.9. The molecule has 0 aliphatic rings. The van der Waals surface area contributed by atoms with Gasteiger partial charge in [0.25, 0.3) is 5.91 Å². The maximum Gasteiger partial charge on any atom is 0.416 e. The molecule has 0 fully saturated rings. The summed E-state index contributed by atoms with van der Waals surface area (Å²) in [4.78, 5) is 12.4. The first-order chi connectivity index (χ1) is 16.7. The number of hydrogen-bond donors (Lipinski definition) is 1. The van der Waals surface area contributed by atoms with E-state index in [2.05, 4.69) is 15.5 Å². The molecular weight excluding hydrogens is 488 g/mol. The number of amides is 1. The molecule has 0 spiro atoms. The van der Waals surface area contributed by atoms with E-state index in [1.54, 1.807) is 6.07 Å². The van der Waals surface area contributed by atoms with Crippen molar-refractivity contribution in [3.8, 4) is 17.6 Å². The number of nitrogens with zero attached hydrogens (tertiary/aromatic N) is 3. The largest absolute Gasteiger partial charge is 0.493 e. The standard InChI is InChI=1S/C23H18F4N4O3S/c1-3-20-30-31-22(35-20)29-21(32)14(11-28)9-13-7-8-18(19(10-13)33-2)34-12-15-16(23(25,26)27)5-4-6-17(15)24/h4-10H,3,12H2,1-2H3,(H,29,31,32)/b14-9+. The van der Waals surface area contributed by atoms with Gasteiger partial charge in [0.15, 0.2) is 11.5 Å². The minimum atomic E-state index is -4.75. The van der Waals surface area contributed by atoms with E-state index in [4.69, 9.17) is 9.47 Å². The lowest BCUT2D eigenvalue weighted by atomic mass is 10.1. The third-order valence-corrected chi connectivity index (χ3v) is 5.63. The Balaban J connectivity index is 1.80. The Morgan fingerprint density at radius 2 is 2.00 bits per heavy atom. The summed E-state index contributed by atoms with van der Waals surface area (Å²) in [5, 5.41) is 20.6. The molecule has 0 unspecified atom stereocenters. The Morgan fingerprint density at radius 1 is 1.23 bits per heavy atom. The molecule has 0 atom stereocenters. The van der Waals surface area contributed by atoms with Crippen LogP contribution in [0.2, 0.25) is 0 Å². The van der Waals surface area contributed by atoms with E-state index in [0.29, 0.717) is 12.0 Å². The van der Waals surface area contributed by atoms with Gasteiger partial charge in [-0.3, -0.25) is 10.1 Å². The van der Waals surface area contributed by atoms with Gasteiger partial charge in [-0.15, -0.1) is 10.2 Å². The van der Waals surface area contributed by atoms with Gasteiger partial charge < -0.3 is 9.47 Å². The van der Waals surface area contributed by atoms with E-state index in [-0.39, 0.29) is 22.2 Å². The number of rotatable bonds is 8. The molecule has 1 amide bonds. The lowest BCUT2D eigenvalue weighted by Gasteiger charge is -2.16. The van der Waals surface area contributed by atoms with Gasteiger partial charge >= 0.3 is 6.18 Å². The third kappa shape index (κ3) is 6.33. The van der Waals surface area contributed by atoms with Gasteiger partial charge in [0.2, 0.25) is 5.13 Å². The van der Waals surface area contributed by atoms with Gasteiger partial charge in [0.05, 0.1) is 12.7 Å². The topological polar surface area (TPSA) is 97.1 Å². The zero-order valence-corrected chi connectivity index (χ0v) is 19.3. The van der Waals surface area contributed by atoms with Crippen LogP contribution in [0.25, 0.3) is 6.08 Å². The number of methoxy groups -OCH3 is 1. The minimum Gasteiger partial charge on any atom is -0.493 e. The maximum atomic E-state index is 14.1. The average Bonchev–Trinajstić information content (AvgIpc) is 3.28. The number of carbonyl (C=O) groups is 1. The van der Waals surface area contributed by atoms with E-state index in [1.807, 2.05) is 6.92 Å². The summed E-state index contributed by atoms with van der Waals surface area (Å²) in [6, 6.07) is 8.73. The fourth-order valence-corrected chi connectivity index (χ4v) is 3.62. The number of nitrogens with one attached hydrogen (secondary N) is 1. The van der Waals surface area contributed by atoms with E-state index in [0.717, 1.165) is 23.2 Å². The highest BCUT2D eigenvalue weighted by atomic mass is 32.1. The van der Waals surface area contributed by atoms with Crippen LogP contribution in [0, 0.1) is 17.1 Å². The van der Waals surface area contributed by atoms with Crippen LogP contribution in [-0.2, 0) is 24.0 Å². The zero-order chi connectivity index (χ0) is 25.6. The second-order valence-electron chi connectivity index (χ2n) is 6.94. The molecule has 3 aromatic rings. The molecule has 12 heteroatoms. The number of benzene rings is 2. The summed E-state index contributed by atoms with van der Waals surface area (Å²) in [5.41, 5.74) is -1.62. The maximum absolute atomic E-state index is 14.1. The third-order valence-electron chi connectivity index (χ3n) is 4.65. The van der Waals surface area contributed by atoms with E-state index in [1.165, 1.54) is 42.7 Å². The molecule has 1 aromatic heterocycles. The molecule has 7 nitrogen and oxygen atoms in total. The van der Waals surface area contributed by atoms with Crippen LogP contribution in [0.15, 0.2) is 42.0 Å². The highest BCUT2D eigenvalue weighted by Gasteiger charge is 2.34. The normalized spacial score (nSPS) is 11.6. The first-order valence-electron chi connectivity index (χ1n) is 10.1. The van der Waals surface area contributed by atoms with Crippen molar-refractivity contribution >= 4 is 28.5 Å². The molecule has 2 aromatic carbocycles. The predicted molar refractivity (Wildman–Crippen MR) is 120 cm³/mol. The molecular formula is C23H18F4N4O3S. The van der Waals surface area contributed by atoms with Crippen molar-refractivity contribution in [2.45, 2.75) is 26.1 Å². The molecule has 0 saturated heterocycles. The molecule has 0 saturated carbocycles. The highest BCUT2D eigenvalue weighted by molar-refractivity contribution is 7.15. The fraction of sp³-hybridized carbons (Fsp3) is 0.217. The summed E-state index contributed by atoms with van der Waals surface area (Å²) in [5.74, 6) is -1.59. The summed E-state index contributed by atoms with van der Waals surface area (Å²) in [7, 11) is 1.30. The van der Waals surface area contributed by atoms with Crippen molar-refractivity contribution < 1.29 is 31.8 Å². The van der Waals surface area contributed by atoms with Crippen LogP contribution in [0.3, 0.4) is 0 Å². The fourth-order valence-electron chi connectivity index (χ4n) is 2.94. The van der Waals surface area contributed by atoms with Gasteiger partial charge in [-0.2, -0.15) is 18.4 Å². The number of halogens is 4. The number of anilines is 1. The molecule has 0 aliphatic carbocycles. The predicted octanol–water partition coefficient (Wildman–Crippen LogP) is 5.39. The monoisotopic (exact) mass is 506 g/mol. The number of nitriles is 1. The number of carbonyl (C=O) groups excluding carboxylic acids is 1. The van der Waals surface area contributed by atoms with Crippen molar-refractivity contribution in [3.05, 3.63) is 69.5 Å². The number of alkyl halides is 3. The van der Waals surface area contributed by atoms with Gasteiger partial charge in [0, 0.05) is 5.56 Å². The minimum absolute atomic E-state index is 0.0462. The van der Waals surface area contributed by atoms with Crippen LogP contribution in [-0.4, -0.2) is 23.2 Å². The number of hydrogen-bond acceptors (Lipinski definition) is 7.